The van der Waals surface area contributed by atoms with Gasteiger partial charge in [0.15, 0.2) is 10.8 Å². The van der Waals surface area contributed by atoms with Gasteiger partial charge in [0.25, 0.3) is 5.91 Å². The van der Waals surface area contributed by atoms with Crippen LogP contribution in [-0.4, -0.2) is 39.9 Å². The van der Waals surface area contributed by atoms with Gasteiger partial charge >= 0.3 is 0 Å². The standard InChI is InChI=1S/C19H21BrN4O2S/c1-3-24-12(2)9-16(22-24)18(25)23(11-14-5-4-8-26-14)19-21-15-7-6-13(20)10-17(15)27-19/h6-7,9-10,14H,3-5,8,11H2,1-2H3. The Balaban J connectivity index is 1.71. The third kappa shape index (κ3) is 3.79. The molecule has 0 radical (unpaired) electrons. The Labute approximate surface area is 170 Å². The van der Waals surface area contributed by atoms with E-state index in [4.69, 9.17) is 9.72 Å². The number of hydrogen-bond donors (Lipinski definition) is 0. The number of carbonyl (C=O) groups excluding carboxylic acids is 1. The molecule has 3 aromatic rings. The molecule has 1 unspecified atom stereocenters. The maximum atomic E-state index is 13.3. The van der Waals surface area contributed by atoms with Crippen LogP contribution in [-0.2, 0) is 11.3 Å². The van der Waals surface area contributed by atoms with Gasteiger partial charge in [0.2, 0.25) is 0 Å². The first-order valence-corrected chi connectivity index (χ1v) is 10.7. The van der Waals surface area contributed by atoms with Crippen LogP contribution in [0.4, 0.5) is 5.13 Å². The van der Waals surface area contributed by atoms with Crippen LogP contribution >= 0.6 is 27.3 Å². The van der Waals surface area contributed by atoms with E-state index in [-0.39, 0.29) is 12.0 Å². The number of aryl methyl sites for hydroxylation is 2. The highest BCUT2D eigenvalue weighted by Gasteiger charge is 2.28. The van der Waals surface area contributed by atoms with Crippen molar-refractivity contribution in [3.05, 3.63) is 40.1 Å². The highest BCUT2D eigenvalue weighted by molar-refractivity contribution is 9.10. The summed E-state index contributed by atoms with van der Waals surface area (Å²) in [6, 6.07) is 7.80. The van der Waals surface area contributed by atoms with E-state index in [0.717, 1.165) is 46.4 Å². The summed E-state index contributed by atoms with van der Waals surface area (Å²) < 4.78 is 9.67. The fraction of sp³-hybridized carbons (Fsp3) is 0.421. The summed E-state index contributed by atoms with van der Waals surface area (Å²) >= 11 is 5.02. The molecule has 142 valence electrons. The van der Waals surface area contributed by atoms with Gasteiger partial charge in [-0.15, -0.1) is 0 Å². The Hall–Kier alpha value is -1.77. The van der Waals surface area contributed by atoms with Crippen molar-refractivity contribution in [1.29, 1.82) is 0 Å². The number of amides is 1. The molecule has 1 aromatic carbocycles. The number of anilines is 1. The van der Waals surface area contributed by atoms with Gasteiger partial charge in [-0.2, -0.15) is 5.10 Å². The van der Waals surface area contributed by atoms with E-state index in [1.54, 1.807) is 4.90 Å². The third-order valence-corrected chi connectivity index (χ3v) is 6.26. The minimum atomic E-state index is -0.126. The number of halogens is 1. The molecular weight excluding hydrogens is 428 g/mol. The SMILES string of the molecule is CCn1nc(C(=O)N(CC2CCCO2)c2nc3ccc(Br)cc3s2)cc1C. The Kier molecular flexibility index (Phi) is 5.29. The van der Waals surface area contributed by atoms with Gasteiger partial charge in [-0.1, -0.05) is 27.3 Å². The largest absolute Gasteiger partial charge is 0.376 e. The number of aromatic nitrogens is 3. The molecule has 27 heavy (non-hydrogen) atoms. The van der Waals surface area contributed by atoms with E-state index in [1.165, 1.54) is 11.3 Å². The predicted molar refractivity (Wildman–Crippen MR) is 111 cm³/mol. The minimum absolute atomic E-state index is 0.0436. The molecule has 0 spiro atoms. The van der Waals surface area contributed by atoms with E-state index in [2.05, 4.69) is 21.0 Å². The normalized spacial score (nSPS) is 16.9. The van der Waals surface area contributed by atoms with Gasteiger partial charge in [-0.05, 0) is 51.0 Å². The van der Waals surface area contributed by atoms with Crippen LogP contribution in [0.15, 0.2) is 28.7 Å². The summed E-state index contributed by atoms with van der Waals surface area (Å²) in [5.74, 6) is -0.126. The van der Waals surface area contributed by atoms with E-state index < -0.39 is 0 Å². The molecule has 0 bridgehead atoms. The molecular formula is C19H21BrN4O2S. The molecule has 8 heteroatoms. The first kappa shape index (κ1) is 18.6. The molecule has 4 rings (SSSR count). The van der Waals surface area contributed by atoms with Gasteiger partial charge < -0.3 is 4.74 Å². The zero-order valence-electron chi connectivity index (χ0n) is 15.3. The second-order valence-electron chi connectivity index (χ2n) is 6.65. The zero-order chi connectivity index (χ0) is 19.0. The van der Waals surface area contributed by atoms with Crippen LogP contribution in [0.25, 0.3) is 10.2 Å². The molecule has 6 nitrogen and oxygen atoms in total. The molecule has 1 atom stereocenters. The van der Waals surface area contributed by atoms with Crippen molar-refractivity contribution in [2.75, 3.05) is 18.1 Å². The van der Waals surface area contributed by atoms with Crippen LogP contribution in [0.2, 0.25) is 0 Å². The Morgan fingerprint density at radius 1 is 1.44 bits per heavy atom. The summed E-state index contributed by atoms with van der Waals surface area (Å²) in [4.78, 5) is 19.7. The van der Waals surface area contributed by atoms with Crippen molar-refractivity contribution in [2.45, 2.75) is 39.3 Å². The van der Waals surface area contributed by atoms with Crippen molar-refractivity contribution in [2.24, 2.45) is 0 Å². The first-order chi connectivity index (χ1) is 13.0. The lowest BCUT2D eigenvalue weighted by atomic mass is 10.2. The number of ether oxygens (including phenoxy) is 1. The molecule has 3 heterocycles. The molecule has 1 fully saturated rings. The lowest BCUT2D eigenvalue weighted by Gasteiger charge is -2.22. The van der Waals surface area contributed by atoms with E-state index >= 15 is 0 Å². The fourth-order valence-electron chi connectivity index (χ4n) is 3.31. The second kappa shape index (κ2) is 7.69. The molecule has 0 aliphatic carbocycles. The monoisotopic (exact) mass is 448 g/mol. The maximum absolute atomic E-state index is 13.3. The zero-order valence-corrected chi connectivity index (χ0v) is 17.7. The van der Waals surface area contributed by atoms with Crippen molar-refractivity contribution in [3.8, 4) is 0 Å². The number of nitrogens with zero attached hydrogens (tertiary/aromatic N) is 4. The molecule has 1 amide bonds. The molecule has 1 aliphatic heterocycles. The van der Waals surface area contributed by atoms with Gasteiger partial charge in [0, 0.05) is 23.3 Å². The van der Waals surface area contributed by atoms with Crippen molar-refractivity contribution in [1.82, 2.24) is 14.8 Å². The first-order valence-electron chi connectivity index (χ1n) is 9.09. The molecule has 1 aliphatic rings. The highest BCUT2D eigenvalue weighted by atomic mass is 79.9. The van der Waals surface area contributed by atoms with Gasteiger partial charge in [-0.3, -0.25) is 14.4 Å². The van der Waals surface area contributed by atoms with Crippen LogP contribution < -0.4 is 4.90 Å². The summed E-state index contributed by atoms with van der Waals surface area (Å²) in [6.07, 6.45) is 2.04. The minimum Gasteiger partial charge on any atom is -0.376 e. The number of fused-ring (bicyclic) bond motifs is 1. The molecule has 0 N–H and O–H groups in total. The molecule has 2 aromatic heterocycles. The molecule has 1 saturated heterocycles. The fourth-order valence-corrected chi connectivity index (χ4v) is 4.84. The Morgan fingerprint density at radius 2 is 2.30 bits per heavy atom. The quantitative estimate of drug-likeness (QED) is 0.579. The summed E-state index contributed by atoms with van der Waals surface area (Å²) in [7, 11) is 0. The Bertz CT molecular complexity index is 977. The van der Waals surface area contributed by atoms with Gasteiger partial charge in [-0.25, -0.2) is 4.98 Å². The van der Waals surface area contributed by atoms with Gasteiger partial charge in [0.1, 0.15) is 0 Å². The van der Waals surface area contributed by atoms with Gasteiger partial charge in [0.05, 0.1) is 22.9 Å². The molecule has 0 saturated carbocycles. The van der Waals surface area contributed by atoms with E-state index in [0.29, 0.717) is 17.4 Å². The average molecular weight is 449 g/mol. The van der Waals surface area contributed by atoms with Crippen molar-refractivity contribution >= 4 is 48.5 Å². The summed E-state index contributed by atoms with van der Waals surface area (Å²) in [6.45, 7) is 5.97. The van der Waals surface area contributed by atoms with Crippen LogP contribution in [0.1, 0.15) is 35.9 Å². The number of hydrogen-bond acceptors (Lipinski definition) is 5. The highest BCUT2D eigenvalue weighted by Crippen LogP contribution is 2.32. The topological polar surface area (TPSA) is 60.2 Å². The summed E-state index contributed by atoms with van der Waals surface area (Å²) in [5.41, 5.74) is 2.32. The lowest BCUT2D eigenvalue weighted by molar-refractivity contribution is 0.0912. The van der Waals surface area contributed by atoms with Crippen LogP contribution in [0, 0.1) is 6.92 Å². The average Bonchev–Trinajstić information content (AvgIpc) is 3.37. The number of carbonyl (C=O) groups is 1. The number of benzene rings is 1. The van der Waals surface area contributed by atoms with Crippen LogP contribution in [0.5, 0.6) is 0 Å². The third-order valence-electron chi connectivity index (χ3n) is 4.73. The number of rotatable bonds is 5. The lowest BCUT2D eigenvalue weighted by Crippen LogP contribution is -2.37. The van der Waals surface area contributed by atoms with Crippen molar-refractivity contribution in [3.63, 3.8) is 0 Å². The maximum Gasteiger partial charge on any atom is 0.280 e. The van der Waals surface area contributed by atoms with Crippen LogP contribution in [0.3, 0.4) is 0 Å². The smallest absolute Gasteiger partial charge is 0.280 e. The number of thiazole rings is 1. The Morgan fingerprint density at radius 3 is 3.00 bits per heavy atom. The second-order valence-corrected chi connectivity index (χ2v) is 8.57. The van der Waals surface area contributed by atoms with E-state index in [1.807, 2.05) is 42.8 Å². The predicted octanol–water partition coefficient (Wildman–Crippen LogP) is 4.41. The van der Waals surface area contributed by atoms with Crippen molar-refractivity contribution < 1.29 is 9.53 Å². The van der Waals surface area contributed by atoms with E-state index in [9.17, 15) is 4.79 Å². The summed E-state index contributed by atoms with van der Waals surface area (Å²) in [5, 5.41) is 5.16.